The van der Waals surface area contributed by atoms with Gasteiger partial charge in [0.05, 0.1) is 0 Å². The van der Waals surface area contributed by atoms with E-state index in [9.17, 15) is 4.79 Å². The molecule has 1 unspecified atom stereocenters. The number of piperazine rings is 1. The Labute approximate surface area is 172 Å². The van der Waals surface area contributed by atoms with E-state index in [1.807, 2.05) is 24.0 Å². The first-order chi connectivity index (χ1) is 14.2. The number of rotatable bonds is 4. The molecule has 0 saturated carbocycles. The fourth-order valence-corrected chi connectivity index (χ4v) is 4.21. The van der Waals surface area contributed by atoms with E-state index < -0.39 is 0 Å². The van der Waals surface area contributed by atoms with Gasteiger partial charge < -0.3 is 14.7 Å². The van der Waals surface area contributed by atoms with Gasteiger partial charge in [-0.2, -0.15) is 0 Å². The summed E-state index contributed by atoms with van der Waals surface area (Å²) in [5.74, 6) is 1.40. The van der Waals surface area contributed by atoms with Crippen LogP contribution in [0.5, 0.6) is 0 Å². The fraction of sp³-hybridized carbons (Fsp3) is 0.571. The summed E-state index contributed by atoms with van der Waals surface area (Å²) in [4.78, 5) is 37.4. The first kappa shape index (κ1) is 19.5. The topological polar surface area (TPSA) is 78.4 Å². The number of aromatic nitrogens is 4. The molecule has 4 heterocycles. The van der Waals surface area contributed by atoms with Crippen LogP contribution in [0.2, 0.25) is 0 Å². The molecule has 2 saturated heterocycles. The highest BCUT2D eigenvalue weighted by Gasteiger charge is 2.27. The summed E-state index contributed by atoms with van der Waals surface area (Å²) in [5.41, 5.74) is 1.34. The number of piperidine rings is 1. The molecule has 29 heavy (non-hydrogen) atoms. The van der Waals surface area contributed by atoms with Gasteiger partial charge in [0.2, 0.25) is 11.9 Å². The van der Waals surface area contributed by atoms with Gasteiger partial charge in [0.15, 0.2) is 0 Å². The number of anilines is 2. The molecule has 4 rings (SSSR count). The van der Waals surface area contributed by atoms with Crippen LogP contribution in [0, 0.1) is 6.92 Å². The average molecular weight is 396 g/mol. The average Bonchev–Trinajstić information content (AvgIpc) is 2.79. The summed E-state index contributed by atoms with van der Waals surface area (Å²) in [5, 5.41) is 0. The molecule has 8 nitrogen and oxygen atoms in total. The van der Waals surface area contributed by atoms with Crippen molar-refractivity contribution in [1.82, 2.24) is 24.8 Å². The first-order valence-corrected chi connectivity index (χ1v) is 10.6. The van der Waals surface area contributed by atoms with Crippen LogP contribution in [0.15, 0.2) is 24.5 Å². The van der Waals surface area contributed by atoms with Crippen LogP contribution in [0.1, 0.15) is 48.8 Å². The molecule has 0 aliphatic carbocycles. The van der Waals surface area contributed by atoms with Gasteiger partial charge in [0.25, 0.3) is 5.91 Å². The number of hydrogen-bond acceptors (Lipinski definition) is 7. The third-order valence-corrected chi connectivity index (χ3v) is 5.82. The molecule has 0 radical (unpaired) electrons. The van der Waals surface area contributed by atoms with E-state index in [4.69, 9.17) is 4.98 Å². The zero-order chi connectivity index (χ0) is 20.2. The number of nitrogens with zero attached hydrogens (tertiary/aromatic N) is 7. The SMILES string of the molecule is CCC1CCCCN1c1nc(C)cc(C(=O)N2CCN(c3ncccn3)CC2)n1. The fourth-order valence-electron chi connectivity index (χ4n) is 4.21. The highest BCUT2D eigenvalue weighted by molar-refractivity contribution is 5.92. The van der Waals surface area contributed by atoms with Crippen LogP contribution >= 0.6 is 0 Å². The Bertz CT molecular complexity index is 836. The molecule has 2 aliphatic heterocycles. The maximum Gasteiger partial charge on any atom is 0.272 e. The molecule has 8 heteroatoms. The van der Waals surface area contributed by atoms with Gasteiger partial charge in [-0.15, -0.1) is 0 Å². The maximum absolute atomic E-state index is 13.1. The van der Waals surface area contributed by atoms with Crippen LogP contribution in [0.4, 0.5) is 11.9 Å². The highest BCUT2D eigenvalue weighted by atomic mass is 16.2. The summed E-state index contributed by atoms with van der Waals surface area (Å²) < 4.78 is 0. The number of hydrogen-bond donors (Lipinski definition) is 0. The standard InChI is InChI=1S/C21H29N7O/c1-3-17-7-4-5-10-28(17)21-24-16(2)15-18(25-21)19(29)26-11-13-27(14-12-26)20-22-8-6-9-23-20/h6,8-9,15,17H,3-5,7,10-14H2,1-2H3. The van der Waals surface area contributed by atoms with Crippen LogP contribution in [0.3, 0.4) is 0 Å². The van der Waals surface area contributed by atoms with Gasteiger partial charge in [-0.05, 0) is 44.7 Å². The summed E-state index contributed by atoms with van der Waals surface area (Å²) in [7, 11) is 0. The maximum atomic E-state index is 13.1. The Morgan fingerprint density at radius 2 is 1.79 bits per heavy atom. The molecule has 0 spiro atoms. The van der Waals surface area contributed by atoms with Crippen LogP contribution < -0.4 is 9.80 Å². The molecule has 2 aromatic heterocycles. The normalized spacial score (nSPS) is 20.1. The second-order valence-electron chi connectivity index (χ2n) is 7.77. The quantitative estimate of drug-likeness (QED) is 0.786. The Kier molecular flexibility index (Phi) is 5.87. The Morgan fingerprint density at radius 3 is 2.52 bits per heavy atom. The molecule has 0 bridgehead atoms. The number of aryl methyl sites for hydroxylation is 1. The van der Waals surface area contributed by atoms with E-state index in [0.29, 0.717) is 30.8 Å². The molecule has 2 fully saturated rings. The lowest BCUT2D eigenvalue weighted by molar-refractivity contribution is 0.0740. The van der Waals surface area contributed by atoms with E-state index in [0.717, 1.165) is 44.1 Å². The molecular weight excluding hydrogens is 366 g/mol. The number of carbonyl (C=O) groups is 1. The van der Waals surface area contributed by atoms with Crippen LogP contribution in [0.25, 0.3) is 0 Å². The minimum absolute atomic E-state index is 0.0181. The van der Waals surface area contributed by atoms with Crippen LogP contribution in [-0.4, -0.2) is 69.5 Å². The predicted molar refractivity (Wildman–Crippen MR) is 112 cm³/mol. The van der Waals surface area contributed by atoms with Crippen molar-refractivity contribution >= 4 is 17.8 Å². The van der Waals surface area contributed by atoms with Crippen molar-refractivity contribution < 1.29 is 4.79 Å². The van der Waals surface area contributed by atoms with E-state index in [1.165, 1.54) is 12.8 Å². The van der Waals surface area contributed by atoms with Crippen LogP contribution in [-0.2, 0) is 0 Å². The minimum atomic E-state index is -0.0181. The third-order valence-electron chi connectivity index (χ3n) is 5.82. The van der Waals surface area contributed by atoms with Gasteiger partial charge >= 0.3 is 0 Å². The van der Waals surface area contributed by atoms with Crippen molar-refractivity contribution in [2.75, 3.05) is 42.5 Å². The highest BCUT2D eigenvalue weighted by Crippen LogP contribution is 2.24. The lowest BCUT2D eigenvalue weighted by atomic mass is 10.0. The van der Waals surface area contributed by atoms with Gasteiger partial charge in [-0.1, -0.05) is 6.92 Å². The predicted octanol–water partition coefficient (Wildman–Crippen LogP) is 2.31. The zero-order valence-electron chi connectivity index (χ0n) is 17.3. The lowest BCUT2D eigenvalue weighted by Crippen LogP contribution is -2.49. The molecule has 2 aliphatic rings. The van der Waals surface area contributed by atoms with Crippen molar-refractivity contribution in [1.29, 1.82) is 0 Å². The van der Waals surface area contributed by atoms with Crippen molar-refractivity contribution in [2.45, 2.75) is 45.6 Å². The molecule has 2 aromatic rings. The van der Waals surface area contributed by atoms with Crippen molar-refractivity contribution in [3.63, 3.8) is 0 Å². The summed E-state index contributed by atoms with van der Waals surface area (Å²) >= 11 is 0. The molecule has 0 N–H and O–H groups in total. The monoisotopic (exact) mass is 395 g/mol. The molecular formula is C21H29N7O. The number of amides is 1. The second-order valence-corrected chi connectivity index (χ2v) is 7.77. The number of carbonyl (C=O) groups excluding carboxylic acids is 1. The summed E-state index contributed by atoms with van der Waals surface area (Å²) in [6.07, 6.45) is 8.14. The molecule has 0 aromatic carbocycles. The van der Waals surface area contributed by atoms with Gasteiger partial charge in [-0.25, -0.2) is 19.9 Å². The van der Waals surface area contributed by atoms with Gasteiger partial charge in [0.1, 0.15) is 5.69 Å². The van der Waals surface area contributed by atoms with E-state index >= 15 is 0 Å². The minimum Gasteiger partial charge on any atom is -0.338 e. The largest absolute Gasteiger partial charge is 0.338 e. The Morgan fingerprint density at radius 1 is 1.03 bits per heavy atom. The van der Waals surface area contributed by atoms with E-state index in [1.54, 1.807) is 12.4 Å². The summed E-state index contributed by atoms with van der Waals surface area (Å²) in [6, 6.07) is 4.08. The smallest absolute Gasteiger partial charge is 0.272 e. The van der Waals surface area contributed by atoms with Crippen molar-refractivity contribution in [3.05, 3.63) is 35.9 Å². The Hall–Kier alpha value is -2.77. The Balaban J connectivity index is 1.47. The van der Waals surface area contributed by atoms with Gasteiger partial charge in [-0.3, -0.25) is 4.79 Å². The van der Waals surface area contributed by atoms with Crippen molar-refractivity contribution in [2.24, 2.45) is 0 Å². The lowest BCUT2D eigenvalue weighted by Gasteiger charge is -2.36. The molecule has 1 atom stereocenters. The summed E-state index contributed by atoms with van der Waals surface area (Å²) in [6.45, 7) is 7.82. The second kappa shape index (κ2) is 8.71. The molecule has 1 amide bonds. The van der Waals surface area contributed by atoms with Gasteiger partial charge in [0, 0.05) is 56.9 Å². The first-order valence-electron chi connectivity index (χ1n) is 10.6. The zero-order valence-corrected chi connectivity index (χ0v) is 17.3. The van der Waals surface area contributed by atoms with E-state index in [2.05, 4.69) is 31.7 Å². The van der Waals surface area contributed by atoms with Crippen molar-refractivity contribution in [3.8, 4) is 0 Å². The van der Waals surface area contributed by atoms with E-state index in [-0.39, 0.29) is 5.91 Å². The molecule has 154 valence electrons. The third kappa shape index (κ3) is 4.31.